The van der Waals surface area contributed by atoms with Crippen molar-refractivity contribution in [2.24, 2.45) is 5.92 Å². The summed E-state index contributed by atoms with van der Waals surface area (Å²) in [5.41, 5.74) is 1.93. The summed E-state index contributed by atoms with van der Waals surface area (Å²) in [7, 11) is -3.46. The van der Waals surface area contributed by atoms with Gasteiger partial charge >= 0.3 is 0 Å². The van der Waals surface area contributed by atoms with E-state index in [4.69, 9.17) is 4.74 Å². The minimum Gasteiger partial charge on any atom is -0.370 e. The molecule has 2 heterocycles. The topological polar surface area (TPSA) is 59.5 Å². The molecule has 1 aliphatic heterocycles. The van der Waals surface area contributed by atoms with Crippen molar-refractivity contribution in [3.63, 3.8) is 0 Å². The number of hydrogen-bond donors (Lipinski definition) is 0. The van der Waals surface area contributed by atoms with Gasteiger partial charge in [-0.05, 0) is 44.0 Å². The van der Waals surface area contributed by atoms with E-state index in [9.17, 15) is 8.42 Å². The van der Waals surface area contributed by atoms with Gasteiger partial charge in [0.1, 0.15) is 0 Å². The third-order valence-electron chi connectivity index (χ3n) is 5.24. The van der Waals surface area contributed by atoms with E-state index < -0.39 is 10.0 Å². The predicted molar refractivity (Wildman–Crippen MR) is 94.4 cm³/mol. The van der Waals surface area contributed by atoms with Gasteiger partial charge in [-0.3, -0.25) is 4.98 Å². The van der Waals surface area contributed by atoms with Crippen molar-refractivity contribution in [1.29, 1.82) is 0 Å². The minimum absolute atomic E-state index is 0.0396. The summed E-state index contributed by atoms with van der Waals surface area (Å²) in [6, 6.07) is 12.7. The molecule has 0 amide bonds. The molecule has 132 valence electrons. The third-order valence-corrected chi connectivity index (χ3v) is 7.14. The molecule has 5 nitrogen and oxygen atoms in total. The fourth-order valence-corrected chi connectivity index (χ4v) is 5.65. The number of sulfonamides is 1. The summed E-state index contributed by atoms with van der Waals surface area (Å²) in [5, 5.41) is 0. The monoisotopic (exact) mass is 358 g/mol. The van der Waals surface area contributed by atoms with Gasteiger partial charge in [-0.1, -0.05) is 23.8 Å². The minimum atomic E-state index is -3.46. The van der Waals surface area contributed by atoms with Crippen LogP contribution in [0.15, 0.2) is 53.6 Å². The van der Waals surface area contributed by atoms with Gasteiger partial charge in [0.15, 0.2) is 0 Å². The van der Waals surface area contributed by atoms with Gasteiger partial charge in [-0.2, -0.15) is 4.31 Å². The van der Waals surface area contributed by atoms with Crippen LogP contribution < -0.4 is 0 Å². The first-order chi connectivity index (χ1) is 12.1. The van der Waals surface area contributed by atoms with Crippen LogP contribution in [0.5, 0.6) is 0 Å². The lowest BCUT2D eigenvalue weighted by molar-refractivity contribution is 0.0200. The van der Waals surface area contributed by atoms with Crippen molar-refractivity contribution < 1.29 is 13.2 Å². The second-order valence-electron chi connectivity index (χ2n) is 6.89. The van der Waals surface area contributed by atoms with Crippen molar-refractivity contribution >= 4 is 10.0 Å². The Morgan fingerprint density at radius 3 is 2.68 bits per heavy atom. The summed E-state index contributed by atoms with van der Waals surface area (Å²) in [4.78, 5) is 4.65. The van der Waals surface area contributed by atoms with Crippen LogP contribution in [0.4, 0.5) is 0 Å². The Morgan fingerprint density at radius 2 is 1.96 bits per heavy atom. The Morgan fingerprint density at radius 1 is 1.16 bits per heavy atom. The summed E-state index contributed by atoms with van der Waals surface area (Å²) >= 11 is 0. The quantitative estimate of drug-likeness (QED) is 0.825. The van der Waals surface area contributed by atoms with Gasteiger partial charge in [-0.25, -0.2) is 8.42 Å². The smallest absolute Gasteiger partial charge is 0.243 e. The molecule has 2 aliphatic rings. The normalized spacial score (nSPS) is 26.2. The molecule has 3 atom stereocenters. The van der Waals surface area contributed by atoms with Gasteiger partial charge in [0.2, 0.25) is 10.0 Å². The number of aromatic nitrogens is 1. The van der Waals surface area contributed by atoms with E-state index in [1.165, 1.54) is 0 Å². The zero-order valence-corrected chi connectivity index (χ0v) is 15.0. The van der Waals surface area contributed by atoms with Crippen molar-refractivity contribution in [2.45, 2.75) is 43.4 Å². The van der Waals surface area contributed by atoms with Gasteiger partial charge in [0.25, 0.3) is 0 Å². The Hall–Kier alpha value is -1.76. The molecule has 2 aromatic rings. The Balaban J connectivity index is 1.51. The maximum Gasteiger partial charge on any atom is 0.243 e. The number of ether oxygens (including phenoxy) is 1. The van der Waals surface area contributed by atoms with Crippen LogP contribution in [0, 0.1) is 12.8 Å². The van der Waals surface area contributed by atoms with E-state index >= 15 is 0 Å². The number of aryl methyl sites for hydroxylation is 1. The molecule has 1 aromatic heterocycles. The summed E-state index contributed by atoms with van der Waals surface area (Å²) in [5.74, 6) is 0.272. The van der Waals surface area contributed by atoms with E-state index in [0.29, 0.717) is 18.0 Å². The molecule has 1 aliphatic carbocycles. The molecule has 2 fully saturated rings. The molecule has 0 radical (unpaired) electrons. The molecule has 25 heavy (non-hydrogen) atoms. The first-order valence-corrected chi connectivity index (χ1v) is 10.1. The van der Waals surface area contributed by atoms with Crippen molar-refractivity contribution in [3.05, 3.63) is 59.9 Å². The number of pyridine rings is 1. The Labute approximate surface area is 148 Å². The first kappa shape index (κ1) is 16.7. The molecule has 1 saturated carbocycles. The molecular formula is C19H22N2O3S. The zero-order valence-electron chi connectivity index (χ0n) is 14.2. The highest BCUT2D eigenvalue weighted by atomic mass is 32.2. The SMILES string of the molecule is Cc1ccc(S(=O)(=O)N2C[C@H]3CC[C@H]2[C@@H]3OCc2ccccn2)cc1. The van der Waals surface area contributed by atoms with E-state index in [-0.39, 0.29) is 18.1 Å². The maximum atomic E-state index is 13.0. The fraction of sp³-hybridized carbons (Fsp3) is 0.421. The Bertz CT molecular complexity index is 837. The molecule has 0 N–H and O–H groups in total. The van der Waals surface area contributed by atoms with Crippen LogP contribution >= 0.6 is 0 Å². The molecule has 6 heteroatoms. The summed E-state index contributed by atoms with van der Waals surface area (Å²) < 4.78 is 33.8. The highest BCUT2D eigenvalue weighted by molar-refractivity contribution is 7.89. The van der Waals surface area contributed by atoms with E-state index in [2.05, 4.69) is 4.98 Å². The molecule has 0 unspecified atom stereocenters. The standard InChI is InChI=1S/C19H22N2O3S/c1-14-5-8-17(9-6-14)25(22,23)21-12-15-7-10-18(21)19(15)24-13-16-4-2-3-11-20-16/h2-6,8-9,11,15,18-19H,7,10,12-13H2,1H3/t15-,18+,19-/m1/s1. The highest BCUT2D eigenvalue weighted by Gasteiger charge is 2.52. The lowest BCUT2D eigenvalue weighted by Crippen LogP contribution is -2.39. The lowest BCUT2D eigenvalue weighted by Gasteiger charge is -2.26. The van der Waals surface area contributed by atoms with E-state index in [0.717, 1.165) is 24.1 Å². The average molecular weight is 358 g/mol. The van der Waals surface area contributed by atoms with Crippen LogP contribution in [0.25, 0.3) is 0 Å². The number of nitrogens with zero attached hydrogens (tertiary/aromatic N) is 2. The Kier molecular flexibility index (Phi) is 4.35. The van der Waals surface area contributed by atoms with E-state index in [1.54, 1.807) is 22.6 Å². The van der Waals surface area contributed by atoms with Crippen LogP contribution in [-0.2, 0) is 21.4 Å². The molecule has 1 aromatic carbocycles. The van der Waals surface area contributed by atoms with Crippen LogP contribution in [-0.4, -0.2) is 36.4 Å². The highest BCUT2D eigenvalue weighted by Crippen LogP contribution is 2.42. The number of rotatable bonds is 5. The summed E-state index contributed by atoms with van der Waals surface area (Å²) in [6.07, 6.45) is 3.60. The zero-order chi connectivity index (χ0) is 17.4. The third kappa shape index (κ3) is 3.10. The lowest BCUT2D eigenvalue weighted by atomic mass is 10.1. The number of fused-ring (bicyclic) bond motifs is 2. The maximum absolute atomic E-state index is 13.0. The number of benzene rings is 1. The second-order valence-corrected chi connectivity index (χ2v) is 8.78. The molecule has 4 rings (SSSR count). The molecule has 0 spiro atoms. The predicted octanol–water partition coefficient (Wildman–Crippen LogP) is 2.76. The number of piperidine rings is 1. The van der Waals surface area contributed by atoms with Gasteiger partial charge in [-0.15, -0.1) is 0 Å². The van der Waals surface area contributed by atoms with Crippen molar-refractivity contribution in [1.82, 2.24) is 9.29 Å². The van der Waals surface area contributed by atoms with Crippen LogP contribution in [0.3, 0.4) is 0 Å². The van der Waals surface area contributed by atoms with E-state index in [1.807, 2.05) is 37.3 Å². The van der Waals surface area contributed by atoms with Crippen LogP contribution in [0.1, 0.15) is 24.1 Å². The molecule has 2 bridgehead atoms. The second kappa shape index (κ2) is 6.52. The van der Waals surface area contributed by atoms with Gasteiger partial charge in [0.05, 0.1) is 29.3 Å². The molecule has 1 saturated heterocycles. The van der Waals surface area contributed by atoms with Crippen molar-refractivity contribution in [2.75, 3.05) is 6.54 Å². The first-order valence-electron chi connectivity index (χ1n) is 8.66. The largest absolute Gasteiger partial charge is 0.370 e. The number of hydrogen-bond acceptors (Lipinski definition) is 4. The van der Waals surface area contributed by atoms with Crippen LogP contribution in [0.2, 0.25) is 0 Å². The van der Waals surface area contributed by atoms with Gasteiger partial charge in [0, 0.05) is 18.7 Å². The van der Waals surface area contributed by atoms with Crippen molar-refractivity contribution in [3.8, 4) is 0 Å². The molecular weight excluding hydrogens is 336 g/mol. The average Bonchev–Trinajstić information content (AvgIpc) is 3.18. The fourth-order valence-electron chi connectivity index (χ4n) is 3.93. The van der Waals surface area contributed by atoms with Gasteiger partial charge < -0.3 is 4.74 Å². The summed E-state index contributed by atoms with van der Waals surface area (Å²) in [6.45, 7) is 2.93.